The molecule has 0 spiro atoms. The molecule has 0 atom stereocenters. The Morgan fingerprint density at radius 2 is 1.72 bits per heavy atom. The first-order valence-electron chi connectivity index (χ1n) is 8.09. The number of aromatic nitrogens is 2. The quantitative estimate of drug-likeness (QED) is 0.683. The van der Waals surface area contributed by atoms with Gasteiger partial charge in [0.05, 0.1) is 19.7 Å². The molecule has 0 amide bonds. The van der Waals surface area contributed by atoms with E-state index in [0.717, 1.165) is 42.7 Å². The van der Waals surface area contributed by atoms with Gasteiger partial charge in [0.1, 0.15) is 18.3 Å². The van der Waals surface area contributed by atoms with Crippen LogP contribution in [-0.2, 0) is 0 Å². The van der Waals surface area contributed by atoms with E-state index in [4.69, 9.17) is 9.47 Å². The van der Waals surface area contributed by atoms with Gasteiger partial charge in [-0.2, -0.15) is 14.7 Å². The van der Waals surface area contributed by atoms with Gasteiger partial charge < -0.3 is 14.4 Å². The van der Waals surface area contributed by atoms with Crippen LogP contribution >= 0.6 is 7.94 Å². The standard InChI is InChI=1S/C16H23N3O5P/c1-23-14-7-12-13(8-15(14)24-2)17-10-18-16(12)19-5-3-11(4-6-19)9-25(20,21)22/h7-8,10-11,20-22H,3-6,9H2,1-2H3/q+1. The van der Waals surface area contributed by atoms with Crippen molar-refractivity contribution in [3.05, 3.63) is 18.5 Å². The number of methoxy groups -OCH3 is 2. The number of ether oxygens (including phenoxy) is 2. The van der Waals surface area contributed by atoms with Crippen LogP contribution in [0.5, 0.6) is 11.5 Å². The van der Waals surface area contributed by atoms with E-state index in [-0.39, 0.29) is 12.1 Å². The summed E-state index contributed by atoms with van der Waals surface area (Å²) >= 11 is 0. The highest BCUT2D eigenvalue weighted by atomic mass is 31.2. The predicted octanol–water partition coefficient (Wildman–Crippen LogP) is 1.60. The maximum Gasteiger partial charge on any atom is 0.403 e. The molecule has 25 heavy (non-hydrogen) atoms. The number of hydrogen-bond donors (Lipinski definition) is 3. The molecule has 136 valence electrons. The summed E-state index contributed by atoms with van der Waals surface area (Å²) in [5.41, 5.74) is 0.774. The monoisotopic (exact) mass is 368 g/mol. The minimum atomic E-state index is -3.71. The fourth-order valence-electron chi connectivity index (χ4n) is 3.30. The summed E-state index contributed by atoms with van der Waals surface area (Å²) in [5, 5.41) is 0.881. The lowest BCUT2D eigenvalue weighted by Crippen LogP contribution is -2.35. The molecule has 1 aromatic carbocycles. The van der Waals surface area contributed by atoms with E-state index >= 15 is 0 Å². The lowest BCUT2D eigenvalue weighted by molar-refractivity contribution is 0.309. The van der Waals surface area contributed by atoms with Gasteiger partial charge in [-0.25, -0.2) is 9.97 Å². The first-order chi connectivity index (χ1) is 11.9. The third-order valence-electron chi connectivity index (χ3n) is 4.54. The molecule has 0 bridgehead atoms. The Hall–Kier alpha value is -1.73. The Morgan fingerprint density at radius 3 is 2.32 bits per heavy atom. The summed E-state index contributed by atoms with van der Waals surface area (Å²) in [5.74, 6) is 2.17. The minimum absolute atomic E-state index is 0.0659. The molecule has 1 fully saturated rings. The summed E-state index contributed by atoms with van der Waals surface area (Å²) < 4.78 is 10.7. The Balaban J connectivity index is 1.85. The van der Waals surface area contributed by atoms with Crippen molar-refractivity contribution in [3.63, 3.8) is 0 Å². The van der Waals surface area contributed by atoms with Gasteiger partial charge >= 0.3 is 7.94 Å². The van der Waals surface area contributed by atoms with Crippen LogP contribution in [0.15, 0.2) is 18.5 Å². The van der Waals surface area contributed by atoms with E-state index in [2.05, 4.69) is 14.9 Å². The van der Waals surface area contributed by atoms with Crippen molar-refractivity contribution in [2.75, 3.05) is 38.4 Å². The van der Waals surface area contributed by atoms with Crippen molar-refractivity contribution in [1.29, 1.82) is 0 Å². The lowest BCUT2D eigenvalue weighted by Gasteiger charge is -2.32. The van der Waals surface area contributed by atoms with Gasteiger partial charge in [-0.15, -0.1) is 0 Å². The number of fused-ring (bicyclic) bond motifs is 1. The van der Waals surface area contributed by atoms with Crippen molar-refractivity contribution in [2.24, 2.45) is 5.92 Å². The second kappa shape index (κ2) is 7.25. The molecule has 2 heterocycles. The summed E-state index contributed by atoms with van der Waals surface area (Å²) in [6.07, 6.45) is 3.13. The zero-order valence-electron chi connectivity index (χ0n) is 14.3. The van der Waals surface area contributed by atoms with Gasteiger partial charge in [-0.05, 0) is 18.9 Å². The van der Waals surface area contributed by atoms with Crippen LogP contribution < -0.4 is 14.4 Å². The van der Waals surface area contributed by atoms with Crippen molar-refractivity contribution in [3.8, 4) is 11.5 Å². The van der Waals surface area contributed by atoms with Crippen LogP contribution in [0, 0.1) is 5.92 Å². The highest BCUT2D eigenvalue weighted by Crippen LogP contribution is 2.48. The van der Waals surface area contributed by atoms with Crippen LogP contribution in [0.1, 0.15) is 12.8 Å². The minimum Gasteiger partial charge on any atom is -0.493 e. The molecule has 0 saturated carbocycles. The first kappa shape index (κ1) is 18.1. The second-order valence-corrected chi connectivity index (χ2v) is 7.98. The molecule has 9 heteroatoms. The van der Waals surface area contributed by atoms with Crippen LogP contribution in [0.3, 0.4) is 0 Å². The fourth-order valence-corrected chi connectivity index (χ4v) is 4.35. The summed E-state index contributed by atoms with van der Waals surface area (Å²) in [7, 11) is -0.533. The summed E-state index contributed by atoms with van der Waals surface area (Å²) in [6, 6.07) is 3.70. The van der Waals surface area contributed by atoms with Crippen LogP contribution in [0.25, 0.3) is 10.9 Å². The molecule has 0 unspecified atom stereocenters. The fraction of sp³-hybridized carbons (Fsp3) is 0.500. The normalized spacial score (nSPS) is 16.3. The Morgan fingerprint density at radius 1 is 1.08 bits per heavy atom. The topological polar surface area (TPSA) is 108 Å². The Labute approximate surface area is 146 Å². The Bertz CT molecular complexity index is 744. The highest BCUT2D eigenvalue weighted by Gasteiger charge is 2.36. The second-order valence-electron chi connectivity index (χ2n) is 6.23. The molecule has 0 aliphatic carbocycles. The van der Waals surface area contributed by atoms with E-state index in [1.807, 2.05) is 12.1 Å². The maximum atomic E-state index is 9.26. The number of hydrogen-bond acceptors (Lipinski definition) is 8. The van der Waals surface area contributed by atoms with Crippen molar-refractivity contribution in [2.45, 2.75) is 12.8 Å². The number of piperidine rings is 1. The first-order valence-corrected chi connectivity index (χ1v) is 9.92. The zero-order valence-corrected chi connectivity index (χ0v) is 15.2. The van der Waals surface area contributed by atoms with Crippen molar-refractivity contribution >= 4 is 24.7 Å². The molecule has 2 aromatic rings. The van der Waals surface area contributed by atoms with Crippen molar-refractivity contribution in [1.82, 2.24) is 9.97 Å². The Kier molecular flexibility index (Phi) is 5.24. The molecule has 8 nitrogen and oxygen atoms in total. The van der Waals surface area contributed by atoms with Gasteiger partial charge in [0, 0.05) is 30.5 Å². The van der Waals surface area contributed by atoms with Crippen LogP contribution in [0.4, 0.5) is 5.82 Å². The van der Waals surface area contributed by atoms with E-state index in [1.165, 1.54) is 6.33 Å². The third-order valence-corrected chi connectivity index (χ3v) is 5.54. The average Bonchev–Trinajstić information content (AvgIpc) is 2.59. The number of rotatable bonds is 5. The van der Waals surface area contributed by atoms with Crippen LogP contribution in [-0.4, -0.2) is 58.1 Å². The number of nitrogens with zero attached hydrogens (tertiary/aromatic N) is 3. The SMILES string of the molecule is COc1cc2ncnc(N3CCC(C[P+](O)(O)O)CC3)c2cc1OC. The molecule has 1 aliphatic heterocycles. The van der Waals surface area contributed by atoms with Gasteiger partial charge in [0.15, 0.2) is 11.5 Å². The van der Waals surface area contributed by atoms with Gasteiger partial charge in [-0.3, -0.25) is 0 Å². The van der Waals surface area contributed by atoms with Crippen LogP contribution in [0.2, 0.25) is 0 Å². The molecule has 3 rings (SSSR count). The lowest BCUT2D eigenvalue weighted by atomic mass is 9.98. The summed E-state index contributed by atoms with van der Waals surface area (Å²) in [4.78, 5) is 38.7. The molecule has 1 aliphatic rings. The third kappa shape index (κ3) is 4.10. The van der Waals surface area contributed by atoms with Gasteiger partial charge in [-0.1, -0.05) is 0 Å². The molecule has 0 radical (unpaired) electrons. The van der Waals surface area contributed by atoms with E-state index < -0.39 is 7.94 Å². The molecule has 3 N–H and O–H groups in total. The van der Waals surface area contributed by atoms with Crippen molar-refractivity contribution < 1.29 is 24.2 Å². The predicted molar refractivity (Wildman–Crippen MR) is 96.0 cm³/mol. The highest BCUT2D eigenvalue weighted by molar-refractivity contribution is 7.58. The van der Waals surface area contributed by atoms with Gasteiger partial charge in [0.25, 0.3) is 0 Å². The average molecular weight is 368 g/mol. The largest absolute Gasteiger partial charge is 0.493 e. The zero-order chi connectivity index (χ0) is 18.0. The number of benzene rings is 1. The van der Waals surface area contributed by atoms with E-state index in [1.54, 1.807) is 14.2 Å². The summed E-state index contributed by atoms with van der Waals surface area (Å²) in [6.45, 7) is 1.45. The molecule has 1 aromatic heterocycles. The van der Waals surface area contributed by atoms with Gasteiger partial charge in [0.2, 0.25) is 0 Å². The molecule has 1 saturated heterocycles. The van der Waals surface area contributed by atoms with E-state index in [9.17, 15) is 14.7 Å². The molecular formula is C16H23N3O5P+. The smallest absolute Gasteiger partial charge is 0.403 e. The number of anilines is 1. The van der Waals surface area contributed by atoms with E-state index in [0.29, 0.717) is 11.5 Å². The molecular weight excluding hydrogens is 345 g/mol. The maximum absolute atomic E-state index is 9.26.